The fourth-order valence-electron chi connectivity index (χ4n) is 2.04. The van der Waals surface area contributed by atoms with E-state index in [2.05, 4.69) is 10.4 Å². The van der Waals surface area contributed by atoms with Crippen molar-refractivity contribution < 1.29 is 13.9 Å². The summed E-state index contributed by atoms with van der Waals surface area (Å²) in [5, 5.41) is 16.6. The van der Waals surface area contributed by atoms with E-state index in [0.717, 1.165) is 0 Å². The van der Waals surface area contributed by atoms with Gasteiger partial charge >= 0.3 is 0 Å². The maximum atomic E-state index is 13.7. The molecule has 0 saturated carbocycles. The average molecular weight is 295 g/mol. The molecule has 0 unspecified atom stereocenters. The van der Waals surface area contributed by atoms with E-state index in [4.69, 9.17) is 0 Å². The first-order valence-corrected chi connectivity index (χ1v) is 6.86. The van der Waals surface area contributed by atoms with Crippen molar-refractivity contribution in [1.82, 2.24) is 15.1 Å². The van der Waals surface area contributed by atoms with Gasteiger partial charge in [-0.15, -0.1) is 0 Å². The molecule has 2 aromatic rings. The van der Waals surface area contributed by atoms with Gasteiger partial charge in [0.15, 0.2) is 11.6 Å². The fourth-order valence-corrected chi connectivity index (χ4v) is 2.04. The molecule has 1 aromatic heterocycles. The van der Waals surface area contributed by atoms with E-state index in [9.17, 15) is 13.9 Å². The van der Waals surface area contributed by atoms with Crippen LogP contribution in [0.2, 0.25) is 0 Å². The van der Waals surface area contributed by atoms with Gasteiger partial charge in [0.05, 0.1) is 12.3 Å². The monoisotopic (exact) mass is 295 g/mol. The molecule has 2 rings (SSSR count). The lowest BCUT2D eigenvalue weighted by molar-refractivity contribution is 0.209. The van der Waals surface area contributed by atoms with Crippen LogP contribution in [0.5, 0.6) is 0 Å². The number of aliphatic hydroxyl groups excluding tert-OH is 1. The topological polar surface area (TPSA) is 50.1 Å². The van der Waals surface area contributed by atoms with Crippen LogP contribution in [0.4, 0.5) is 8.78 Å². The number of aliphatic hydroxyl groups is 1. The Labute approximate surface area is 122 Å². The quantitative estimate of drug-likeness (QED) is 0.859. The second kappa shape index (κ2) is 6.78. The number of nitrogens with zero attached hydrogens (tertiary/aromatic N) is 2. The summed E-state index contributed by atoms with van der Waals surface area (Å²) < 4.78 is 28.5. The highest BCUT2D eigenvalue weighted by Crippen LogP contribution is 2.16. The molecule has 0 amide bonds. The number of hydrogen-bond acceptors (Lipinski definition) is 3. The lowest BCUT2D eigenvalue weighted by Crippen LogP contribution is -2.36. The second-order valence-electron chi connectivity index (χ2n) is 5.24. The lowest BCUT2D eigenvalue weighted by atomic mass is 10.1. The Kier molecular flexibility index (Phi) is 5.03. The van der Waals surface area contributed by atoms with Crippen molar-refractivity contribution in [3.05, 3.63) is 47.8 Å². The normalized spacial score (nSPS) is 12.9. The third kappa shape index (κ3) is 3.65. The summed E-state index contributed by atoms with van der Waals surface area (Å²) in [4.78, 5) is 0. The van der Waals surface area contributed by atoms with Crippen LogP contribution in [0.3, 0.4) is 0 Å². The Morgan fingerprint density at radius 2 is 1.90 bits per heavy atom. The Hall–Kier alpha value is -1.79. The van der Waals surface area contributed by atoms with Crippen LogP contribution in [-0.2, 0) is 6.54 Å². The molecule has 0 aliphatic heterocycles. The fraction of sp³-hybridized carbons (Fsp3) is 0.400. The highest BCUT2D eigenvalue weighted by atomic mass is 19.1. The zero-order valence-corrected chi connectivity index (χ0v) is 12.1. The van der Waals surface area contributed by atoms with Crippen molar-refractivity contribution in [2.75, 3.05) is 6.61 Å². The second-order valence-corrected chi connectivity index (χ2v) is 5.24. The van der Waals surface area contributed by atoms with Crippen molar-refractivity contribution in [2.45, 2.75) is 26.4 Å². The van der Waals surface area contributed by atoms with Crippen LogP contribution >= 0.6 is 0 Å². The SMILES string of the molecule is CC(C)[C@@H](CO)NCc1ccn(-c2c(F)cccc2F)n1. The highest BCUT2D eigenvalue weighted by Gasteiger charge is 2.14. The minimum absolute atomic E-state index is 0.0281. The number of rotatable bonds is 6. The molecule has 4 nitrogen and oxygen atoms in total. The highest BCUT2D eigenvalue weighted by molar-refractivity contribution is 5.34. The molecule has 6 heteroatoms. The Balaban J connectivity index is 2.12. The molecule has 2 N–H and O–H groups in total. The van der Waals surface area contributed by atoms with Gasteiger partial charge in [0.1, 0.15) is 5.69 Å². The van der Waals surface area contributed by atoms with Crippen molar-refractivity contribution >= 4 is 0 Å². The maximum absolute atomic E-state index is 13.7. The minimum Gasteiger partial charge on any atom is -0.395 e. The predicted molar refractivity (Wildman–Crippen MR) is 76.0 cm³/mol. The predicted octanol–water partition coefficient (Wildman–Crippen LogP) is 2.26. The zero-order valence-electron chi connectivity index (χ0n) is 12.1. The van der Waals surface area contributed by atoms with Gasteiger partial charge in [0.2, 0.25) is 0 Å². The molecular weight excluding hydrogens is 276 g/mol. The van der Waals surface area contributed by atoms with E-state index < -0.39 is 11.6 Å². The van der Waals surface area contributed by atoms with Gasteiger partial charge in [0, 0.05) is 18.8 Å². The van der Waals surface area contributed by atoms with E-state index in [1.165, 1.54) is 29.1 Å². The summed E-state index contributed by atoms with van der Waals surface area (Å²) in [6, 6.07) is 5.35. The Bertz CT molecular complexity index is 578. The zero-order chi connectivity index (χ0) is 15.4. The molecule has 21 heavy (non-hydrogen) atoms. The molecule has 0 saturated heterocycles. The van der Waals surface area contributed by atoms with Crippen LogP contribution < -0.4 is 5.32 Å². The molecule has 0 aliphatic rings. The molecule has 0 spiro atoms. The third-order valence-corrected chi connectivity index (χ3v) is 3.36. The first-order chi connectivity index (χ1) is 10.0. The first kappa shape index (κ1) is 15.6. The summed E-state index contributed by atoms with van der Waals surface area (Å²) in [7, 11) is 0. The molecular formula is C15H19F2N3O. The van der Waals surface area contributed by atoms with E-state index >= 15 is 0 Å². The van der Waals surface area contributed by atoms with E-state index in [0.29, 0.717) is 12.2 Å². The molecule has 1 atom stereocenters. The number of halogens is 2. The van der Waals surface area contributed by atoms with Gasteiger partial charge in [-0.1, -0.05) is 19.9 Å². The van der Waals surface area contributed by atoms with Gasteiger partial charge in [-0.3, -0.25) is 0 Å². The van der Waals surface area contributed by atoms with Gasteiger partial charge in [-0.05, 0) is 24.1 Å². The van der Waals surface area contributed by atoms with Crippen LogP contribution in [0.15, 0.2) is 30.5 Å². The van der Waals surface area contributed by atoms with Crippen molar-refractivity contribution in [3.8, 4) is 5.69 Å². The summed E-state index contributed by atoms with van der Waals surface area (Å²) in [5.74, 6) is -1.04. The average Bonchev–Trinajstić information content (AvgIpc) is 2.87. The van der Waals surface area contributed by atoms with Crippen LogP contribution in [0.1, 0.15) is 19.5 Å². The molecule has 1 aromatic carbocycles. The van der Waals surface area contributed by atoms with Crippen molar-refractivity contribution in [3.63, 3.8) is 0 Å². The lowest BCUT2D eigenvalue weighted by Gasteiger charge is -2.19. The molecule has 0 radical (unpaired) electrons. The van der Waals surface area contributed by atoms with Crippen LogP contribution in [0.25, 0.3) is 5.69 Å². The number of aromatic nitrogens is 2. The molecule has 114 valence electrons. The van der Waals surface area contributed by atoms with Crippen LogP contribution in [0, 0.1) is 17.6 Å². The minimum atomic E-state index is -0.659. The standard InChI is InChI=1S/C15H19F2N3O/c1-10(2)14(9-21)18-8-11-6-7-20(19-11)15-12(16)4-3-5-13(15)17/h3-7,10,14,18,21H,8-9H2,1-2H3/t14-/m1/s1. The largest absolute Gasteiger partial charge is 0.395 e. The maximum Gasteiger partial charge on any atom is 0.151 e. The van der Waals surface area contributed by atoms with Gasteiger partial charge in [-0.2, -0.15) is 5.10 Å². The summed E-state index contributed by atoms with van der Waals surface area (Å²) in [6.45, 7) is 4.45. The van der Waals surface area contributed by atoms with E-state index in [1.807, 2.05) is 13.8 Å². The molecule has 1 heterocycles. The smallest absolute Gasteiger partial charge is 0.151 e. The Morgan fingerprint density at radius 1 is 1.24 bits per heavy atom. The van der Waals surface area contributed by atoms with Crippen molar-refractivity contribution in [2.24, 2.45) is 5.92 Å². The van der Waals surface area contributed by atoms with Gasteiger partial charge < -0.3 is 10.4 Å². The molecule has 0 bridgehead atoms. The Morgan fingerprint density at radius 3 is 2.48 bits per heavy atom. The van der Waals surface area contributed by atoms with E-state index in [-0.39, 0.29) is 24.3 Å². The summed E-state index contributed by atoms with van der Waals surface area (Å²) in [6.07, 6.45) is 1.52. The summed E-state index contributed by atoms with van der Waals surface area (Å²) >= 11 is 0. The first-order valence-electron chi connectivity index (χ1n) is 6.86. The number of benzene rings is 1. The van der Waals surface area contributed by atoms with Crippen LogP contribution in [-0.4, -0.2) is 27.5 Å². The number of hydrogen-bond donors (Lipinski definition) is 2. The third-order valence-electron chi connectivity index (χ3n) is 3.36. The van der Waals surface area contributed by atoms with Crippen molar-refractivity contribution in [1.29, 1.82) is 0 Å². The van der Waals surface area contributed by atoms with Gasteiger partial charge in [-0.25, -0.2) is 13.5 Å². The molecule has 0 aliphatic carbocycles. The summed E-state index contributed by atoms with van der Waals surface area (Å²) in [5.41, 5.74) is 0.461. The number of para-hydroxylation sites is 1. The van der Waals surface area contributed by atoms with Gasteiger partial charge in [0.25, 0.3) is 0 Å². The molecule has 0 fully saturated rings. The van der Waals surface area contributed by atoms with E-state index in [1.54, 1.807) is 6.07 Å². The number of nitrogens with one attached hydrogen (secondary N) is 1.